The highest BCUT2D eigenvalue weighted by molar-refractivity contribution is 5.93. The molecule has 0 spiro atoms. The van der Waals surface area contributed by atoms with Crippen molar-refractivity contribution in [1.29, 1.82) is 0 Å². The first-order valence-electron chi connectivity index (χ1n) is 5.18. The van der Waals surface area contributed by atoms with Crippen molar-refractivity contribution < 1.29 is 14.3 Å². The molecule has 1 amide bonds. The van der Waals surface area contributed by atoms with Crippen molar-refractivity contribution in [3.05, 3.63) is 23.5 Å². The number of amides is 1. The molecule has 1 heterocycles. The van der Waals surface area contributed by atoms with Gasteiger partial charge in [0.1, 0.15) is 0 Å². The van der Waals surface area contributed by atoms with Crippen LogP contribution < -0.4 is 11.5 Å². The van der Waals surface area contributed by atoms with Crippen LogP contribution in [0.5, 0.6) is 0 Å². The summed E-state index contributed by atoms with van der Waals surface area (Å²) in [6.07, 6.45) is 0.844. The number of ether oxygens (including phenoxy) is 1. The Morgan fingerprint density at radius 2 is 2.18 bits per heavy atom. The SMILES string of the molecule is CCC(OC(=O)c1cc(N)cnc1C)C(N)=O. The van der Waals surface area contributed by atoms with Crippen LogP contribution in [0.25, 0.3) is 0 Å². The lowest BCUT2D eigenvalue weighted by Crippen LogP contribution is -2.32. The Balaban J connectivity index is 2.89. The molecule has 0 aliphatic rings. The second kappa shape index (κ2) is 5.29. The molecule has 1 atom stereocenters. The number of pyridine rings is 1. The lowest BCUT2D eigenvalue weighted by Gasteiger charge is -2.13. The summed E-state index contributed by atoms with van der Waals surface area (Å²) in [5.74, 6) is -1.32. The first-order valence-corrected chi connectivity index (χ1v) is 5.18. The van der Waals surface area contributed by atoms with E-state index in [9.17, 15) is 9.59 Å². The average molecular weight is 237 g/mol. The number of anilines is 1. The second-order valence-corrected chi connectivity index (χ2v) is 3.61. The van der Waals surface area contributed by atoms with E-state index in [2.05, 4.69) is 4.98 Å². The zero-order valence-corrected chi connectivity index (χ0v) is 9.77. The van der Waals surface area contributed by atoms with Gasteiger partial charge in [0, 0.05) is 0 Å². The van der Waals surface area contributed by atoms with E-state index < -0.39 is 18.0 Å². The van der Waals surface area contributed by atoms with E-state index in [0.29, 0.717) is 17.8 Å². The molecule has 17 heavy (non-hydrogen) atoms. The molecule has 0 aromatic carbocycles. The Hall–Kier alpha value is -2.11. The number of carbonyl (C=O) groups excluding carboxylic acids is 2. The Labute approximate surface area is 99.0 Å². The maximum atomic E-state index is 11.8. The predicted molar refractivity (Wildman–Crippen MR) is 62.1 cm³/mol. The van der Waals surface area contributed by atoms with Crippen LogP contribution in [0.4, 0.5) is 5.69 Å². The van der Waals surface area contributed by atoms with E-state index in [1.54, 1.807) is 13.8 Å². The van der Waals surface area contributed by atoms with Gasteiger partial charge >= 0.3 is 5.97 Å². The molecule has 0 aliphatic heterocycles. The Morgan fingerprint density at radius 3 is 2.71 bits per heavy atom. The van der Waals surface area contributed by atoms with Gasteiger partial charge in [0.15, 0.2) is 6.10 Å². The summed E-state index contributed by atoms with van der Waals surface area (Å²) in [6.45, 7) is 3.36. The number of nitrogens with two attached hydrogens (primary N) is 2. The molecular formula is C11H15N3O3. The minimum atomic E-state index is -0.927. The number of primary amides is 1. The number of carbonyl (C=O) groups is 2. The molecule has 0 aliphatic carbocycles. The van der Waals surface area contributed by atoms with Gasteiger partial charge in [-0.3, -0.25) is 9.78 Å². The van der Waals surface area contributed by atoms with Gasteiger partial charge in [-0.15, -0.1) is 0 Å². The maximum Gasteiger partial charge on any atom is 0.340 e. The summed E-state index contributed by atoms with van der Waals surface area (Å²) in [5.41, 5.74) is 11.7. The van der Waals surface area contributed by atoms with E-state index in [1.807, 2.05) is 0 Å². The lowest BCUT2D eigenvalue weighted by atomic mass is 10.2. The van der Waals surface area contributed by atoms with Crippen molar-refractivity contribution in [1.82, 2.24) is 4.98 Å². The topological polar surface area (TPSA) is 108 Å². The molecule has 0 bridgehead atoms. The normalized spacial score (nSPS) is 11.9. The summed E-state index contributed by atoms with van der Waals surface area (Å²) < 4.78 is 4.97. The summed E-state index contributed by atoms with van der Waals surface area (Å²) in [6, 6.07) is 1.46. The van der Waals surface area contributed by atoms with Crippen molar-refractivity contribution in [3.63, 3.8) is 0 Å². The maximum absolute atomic E-state index is 11.8. The smallest absolute Gasteiger partial charge is 0.340 e. The number of hydrogen-bond donors (Lipinski definition) is 2. The highest BCUT2D eigenvalue weighted by atomic mass is 16.5. The van der Waals surface area contributed by atoms with Gasteiger partial charge in [-0.1, -0.05) is 6.92 Å². The molecule has 6 heteroatoms. The van der Waals surface area contributed by atoms with Gasteiger partial charge < -0.3 is 16.2 Å². The van der Waals surface area contributed by atoms with Crippen LogP contribution in [0.2, 0.25) is 0 Å². The average Bonchev–Trinajstić information content (AvgIpc) is 2.28. The highest BCUT2D eigenvalue weighted by Crippen LogP contribution is 2.12. The van der Waals surface area contributed by atoms with Gasteiger partial charge in [-0.25, -0.2) is 4.79 Å². The van der Waals surface area contributed by atoms with E-state index in [0.717, 1.165) is 0 Å². The minimum Gasteiger partial charge on any atom is -0.449 e. The summed E-state index contributed by atoms with van der Waals surface area (Å²) in [7, 11) is 0. The number of aromatic nitrogens is 1. The van der Waals surface area contributed by atoms with E-state index in [-0.39, 0.29) is 5.56 Å². The summed E-state index contributed by atoms with van der Waals surface area (Å²) in [4.78, 5) is 26.7. The standard InChI is InChI=1S/C11H15N3O3/c1-3-9(10(13)15)17-11(16)8-4-7(12)5-14-6(8)2/h4-5,9H,3,12H2,1-2H3,(H2,13,15). The number of nitrogen functional groups attached to an aromatic ring is 1. The molecular weight excluding hydrogens is 222 g/mol. The lowest BCUT2D eigenvalue weighted by molar-refractivity contribution is -0.126. The Kier molecular flexibility index (Phi) is 4.03. The van der Waals surface area contributed by atoms with Crippen molar-refractivity contribution in [2.75, 3.05) is 5.73 Å². The zero-order chi connectivity index (χ0) is 13.0. The van der Waals surface area contributed by atoms with Crippen molar-refractivity contribution in [2.24, 2.45) is 5.73 Å². The summed E-state index contributed by atoms with van der Waals surface area (Å²) in [5, 5.41) is 0. The molecule has 1 aromatic heterocycles. The summed E-state index contributed by atoms with van der Waals surface area (Å²) >= 11 is 0. The van der Waals surface area contributed by atoms with Crippen LogP contribution in [0.3, 0.4) is 0 Å². The van der Waals surface area contributed by atoms with Gasteiger partial charge in [0.05, 0.1) is 23.1 Å². The minimum absolute atomic E-state index is 0.240. The van der Waals surface area contributed by atoms with Gasteiger partial charge in [0.25, 0.3) is 5.91 Å². The quantitative estimate of drug-likeness (QED) is 0.736. The highest BCUT2D eigenvalue weighted by Gasteiger charge is 2.20. The van der Waals surface area contributed by atoms with Crippen molar-refractivity contribution >= 4 is 17.6 Å². The van der Waals surface area contributed by atoms with Crippen LogP contribution in [-0.4, -0.2) is 23.0 Å². The van der Waals surface area contributed by atoms with Crippen LogP contribution in [0, 0.1) is 6.92 Å². The number of nitrogens with zero attached hydrogens (tertiary/aromatic N) is 1. The first kappa shape index (κ1) is 13.0. The number of aryl methyl sites for hydroxylation is 1. The van der Waals surface area contributed by atoms with Crippen molar-refractivity contribution in [3.8, 4) is 0 Å². The third kappa shape index (κ3) is 3.17. The molecule has 0 fully saturated rings. The fourth-order valence-electron chi connectivity index (χ4n) is 1.29. The first-order chi connectivity index (χ1) is 7.95. The monoisotopic (exact) mass is 237 g/mol. The molecule has 0 saturated carbocycles. The molecule has 0 saturated heterocycles. The number of rotatable bonds is 4. The van der Waals surface area contributed by atoms with Crippen LogP contribution >= 0.6 is 0 Å². The molecule has 1 rings (SSSR count). The Morgan fingerprint density at radius 1 is 1.53 bits per heavy atom. The Bertz CT molecular complexity index is 446. The van der Waals surface area contributed by atoms with Gasteiger partial charge in [-0.2, -0.15) is 0 Å². The third-order valence-electron chi connectivity index (χ3n) is 2.27. The van der Waals surface area contributed by atoms with Crippen LogP contribution in [0.1, 0.15) is 29.4 Å². The van der Waals surface area contributed by atoms with Crippen molar-refractivity contribution in [2.45, 2.75) is 26.4 Å². The molecule has 1 aromatic rings. The fourth-order valence-corrected chi connectivity index (χ4v) is 1.29. The number of esters is 1. The molecule has 0 radical (unpaired) electrons. The molecule has 92 valence electrons. The largest absolute Gasteiger partial charge is 0.449 e. The fraction of sp³-hybridized carbons (Fsp3) is 0.364. The predicted octanol–water partition coefficient (Wildman–Crippen LogP) is 0.393. The third-order valence-corrected chi connectivity index (χ3v) is 2.27. The van der Waals surface area contributed by atoms with E-state index >= 15 is 0 Å². The van der Waals surface area contributed by atoms with E-state index in [4.69, 9.17) is 16.2 Å². The van der Waals surface area contributed by atoms with Gasteiger partial charge in [0.2, 0.25) is 0 Å². The molecule has 1 unspecified atom stereocenters. The molecule has 4 N–H and O–H groups in total. The van der Waals surface area contributed by atoms with Crippen LogP contribution in [-0.2, 0) is 9.53 Å². The number of hydrogen-bond acceptors (Lipinski definition) is 5. The second-order valence-electron chi connectivity index (χ2n) is 3.61. The zero-order valence-electron chi connectivity index (χ0n) is 9.77. The van der Waals surface area contributed by atoms with Crippen LogP contribution in [0.15, 0.2) is 12.3 Å². The van der Waals surface area contributed by atoms with E-state index in [1.165, 1.54) is 12.3 Å². The molecule has 6 nitrogen and oxygen atoms in total. The van der Waals surface area contributed by atoms with Gasteiger partial charge in [-0.05, 0) is 19.4 Å².